The van der Waals surface area contributed by atoms with Gasteiger partial charge in [-0.25, -0.2) is 0 Å². The van der Waals surface area contributed by atoms with E-state index in [0.29, 0.717) is 25.1 Å². The second-order valence-corrected chi connectivity index (χ2v) is 4.25. The standard InChI is InChI=1S/C12H25NO3/c1-5-9(3)10(4)13-8-11(14)7-12(15)16-6-2/h9-11,13-14H,5-8H2,1-4H3. The van der Waals surface area contributed by atoms with Gasteiger partial charge in [0, 0.05) is 12.6 Å². The average Bonchev–Trinajstić information content (AvgIpc) is 2.24. The molecule has 4 heteroatoms. The second-order valence-electron chi connectivity index (χ2n) is 4.25. The van der Waals surface area contributed by atoms with Gasteiger partial charge in [0.25, 0.3) is 0 Å². The van der Waals surface area contributed by atoms with Crippen LogP contribution in [0.1, 0.15) is 40.5 Å². The zero-order chi connectivity index (χ0) is 12.6. The Balaban J connectivity index is 3.72. The molecular formula is C12H25NO3. The Morgan fingerprint density at radius 1 is 1.38 bits per heavy atom. The fourth-order valence-electron chi connectivity index (χ4n) is 1.36. The lowest BCUT2D eigenvalue weighted by Gasteiger charge is -2.21. The van der Waals surface area contributed by atoms with Crippen molar-refractivity contribution in [3.8, 4) is 0 Å². The first-order chi connectivity index (χ1) is 7.51. The number of rotatable bonds is 8. The van der Waals surface area contributed by atoms with Crippen LogP contribution in [0.3, 0.4) is 0 Å². The summed E-state index contributed by atoms with van der Waals surface area (Å²) in [6.07, 6.45) is 0.501. The molecule has 0 aromatic carbocycles. The third-order valence-electron chi connectivity index (χ3n) is 2.88. The number of carbonyl (C=O) groups excluding carboxylic acids is 1. The minimum absolute atomic E-state index is 0.0636. The van der Waals surface area contributed by atoms with Crippen LogP contribution in [0, 0.1) is 5.92 Å². The highest BCUT2D eigenvalue weighted by atomic mass is 16.5. The van der Waals surface area contributed by atoms with Gasteiger partial charge in [-0.05, 0) is 19.8 Å². The number of esters is 1. The van der Waals surface area contributed by atoms with Crippen molar-refractivity contribution in [2.45, 2.75) is 52.7 Å². The normalized spacial score (nSPS) is 16.6. The predicted molar refractivity (Wildman–Crippen MR) is 64.2 cm³/mol. The first kappa shape index (κ1) is 15.4. The van der Waals surface area contributed by atoms with E-state index in [4.69, 9.17) is 4.74 Å². The van der Waals surface area contributed by atoms with Crippen LogP contribution in [-0.2, 0) is 9.53 Å². The highest BCUT2D eigenvalue weighted by Gasteiger charge is 2.14. The van der Waals surface area contributed by atoms with Gasteiger partial charge < -0.3 is 15.2 Å². The molecule has 2 N–H and O–H groups in total. The SMILES string of the molecule is CCOC(=O)CC(O)CNC(C)C(C)CC. The Labute approximate surface area is 98.4 Å². The van der Waals surface area contributed by atoms with E-state index in [1.807, 2.05) is 0 Å². The van der Waals surface area contributed by atoms with Crippen molar-refractivity contribution in [2.75, 3.05) is 13.2 Å². The molecule has 0 aromatic heterocycles. The molecule has 0 aliphatic rings. The molecule has 3 atom stereocenters. The van der Waals surface area contributed by atoms with Crippen molar-refractivity contribution in [2.24, 2.45) is 5.92 Å². The summed E-state index contributed by atoms with van der Waals surface area (Å²) >= 11 is 0. The molecular weight excluding hydrogens is 206 g/mol. The maximum Gasteiger partial charge on any atom is 0.308 e. The molecule has 0 spiro atoms. The molecule has 0 bridgehead atoms. The average molecular weight is 231 g/mol. The van der Waals surface area contributed by atoms with Gasteiger partial charge in [-0.1, -0.05) is 20.3 Å². The van der Waals surface area contributed by atoms with Crippen LogP contribution in [0.2, 0.25) is 0 Å². The first-order valence-electron chi connectivity index (χ1n) is 6.08. The lowest BCUT2D eigenvalue weighted by Crippen LogP contribution is -2.38. The van der Waals surface area contributed by atoms with E-state index in [2.05, 4.69) is 26.1 Å². The summed E-state index contributed by atoms with van der Waals surface area (Å²) < 4.78 is 4.76. The van der Waals surface area contributed by atoms with Crippen LogP contribution in [-0.4, -0.2) is 36.4 Å². The number of nitrogens with one attached hydrogen (secondary N) is 1. The van der Waals surface area contributed by atoms with E-state index in [1.54, 1.807) is 6.92 Å². The summed E-state index contributed by atoms with van der Waals surface area (Å²) in [5.41, 5.74) is 0. The molecule has 0 aromatic rings. The smallest absolute Gasteiger partial charge is 0.308 e. The Hall–Kier alpha value is -0.610. The monoisotopic (exact) mass is 231 g/mol. The summed E-state index contributed by atoms with van der Waals surface area (Å²) in [6, 6.07) is 0.349. The van der Waals surface area contributed by atoms with Crippen molar-refractivity contribution in [1.82, 2.24) is 5.32 Å². The fraction of sp³-hybridized carbons (Fsp3) is 0.917. The number of aliphatic hydroxyl groups excluding tert-OH is 1. The molecule has 0 aliphatic heterocycles. The molecule has 96 valence electrons. The van der Waals surface area contributed by atoms with Crippen LogP contribution in [0.4, 0.5) is 0 Å². The zero-order valence-electron chi connectivity index (χ0n) is 10.8. The molecule has 4 nitrogen and oxygen atoms in total. The highest BCUT2D eigenvalue weighted by Crippen LogP contribution is 2.06. The quantitative estimate of drug-likeness (QED) is 0.619. The van der Waals surface area contributed by atoms with Gasteiger partial charge in [0.2, 0.25) is 0 Å². The predicted octanol–water partition coefficient (Wildman–Crippen LogP) is 1.32. The summed E-state index contributed by atoms with van der Waals surface area (Å²) in [5, 5.41) is 12.8. The third kappa shape index (κ3) is 6.80. The summed E-state index contributed by atoms with van der Waals surface area (Å²) in [5.74, 6) is 0.225. The van der Waals surface area contributed by atoms with Crippen molar-refractivity contribution >= 4 is 5.97 Å². The molecule has 0 saturated heterocycles. The number of hydrogen-bond acceptors (Lipinski definition) is 4. The third-order valence-corrected chi connectivity index (χ3v) is 2.88. The topological polar surface area (TPSA) is 58.6 Å². The summed E-state index contributed by atoms with van der Waals surface area (Å²) in [7, 11) is 0. The maximum atomic E-state index is 11.1. The maximum absolute atomic E-state index is 11.1. The molecule has 0 radical (unpaired) electrons. The van der Waals surface area contributed by atoms with E-state index in [-0.39, 0.29) is 12.4 Å². The van der Waals surface area contributed by atoms with Gasteiger partial charge in [0.1, 0.15) is 0 Å². The molecule has 3 unspecified atom stereocenters. The van der Waals surface area contributed by atoms with Crippen LogP contribution in [0.5, 0.6) is 0 Å². The first-order valence-corrected chi connectivity index (χ1v) is 6.08. The van der Waals surface area contributed by atoms with Gasteiger partial charge in [-0.2, -0.15) is 0 Å². The van der Waals surface area contributed by atoms with E-state index in [0.717, 1.165) is 6.42 Å². The molecule has 0 saturated carbocycles. The van der Waals surface area contributed by atoms with E-state index in [1.165, 1.54) is 0 Å². The van der Waals surface area contributed by atoms with Gasteiger partial charge in [-0.3, -0.25) is 4.79 Å². The number of aliphatic hydroxyl groups is 1. The van der Waals surface area contributed by atoms with Crippen molar-refractivity contribution in [3.05, 3.63) is 0 Å². The minimum atomic E-state index is -0.662. The Morgan fingerprint density at radius 3 is 2.50 bits per heavy atom. The lowest BCUT2D eigenvalue weighted by molar-refractivity contribution is -0.145. The Bertz CT molecular complexity index is 197. The highest BCUT2D eigenvalue weighted by molar-refractivity contribution is 5.69. The van der Waals surface area contributed by atoms with Crippen molar-refractivity contribution in [3.63, 3.8) is 0 Å². The zero-order valence-corrected chi connectivity index (χ0v) is 10.8. The largest absolute Gasteiger partial charge is 0.466 e. The Morgan fingerprint density at radius 2 is 2.00 bits per heavy atom. The van der Waals surface area contributed by atoms with Crippen LogP contribution < -0.4 is 5.32 Å². The number of carbonyl (C=O) groups is 1. The number of ether oxygens (including phenoxy) is 1. The number of hydrogen-bond donors (Lipinski definition) is 2. The van der Waals surface area contributed by atoms with E-state index >= 15 is 0 Å². The van der Waals surface area contributed by atoms with Crippen LogP contribution in [0.15, 0.2) is 0 Å². The van der Waals surface area contributed by atoms with Gasteiger partial charge >= 0.3 is 5.97 Å². The lowest BCUT2D eigenvalue weighted by atomic mass is 10.0. The fourth-order valence-corrected chi connectivity index (χ4v) is 1.36. The van der Waals surface area contributed by atoms with Crippen LogP contribution >= 0.6 is 0 Å². The molecule has 0 aliphatic carbocycles. The van der Waals surface area contributed by atoms with Gasteiger partial charge in [0.05, 0.1) is 19.1 Å². The Kier molecular flexibility index (Phi) is 8.21. The van der Waals surface area contributed by atoms with Crippen LogP contribution in [0.25, 0.3) is 0 Å². The van der Waals surface area contributed by atoms with Gasteiger partial charge in [0.15, 0.2) is 0 Å². The summed E-state index contributed by atoms with van der Waals surface area (Å²) in [4.78, 5) is 11.1. The van der Waals surface area contributed by atoms with Crippen molar-refractivity contribution in [1.29, 1.82) is 0 Å². The van der Waals surface area contributed by atoms with Crippen molar-refractivity contribution < 1.29 is 14.6 Å². The van der Waals surface area contributed by atoms with Gasteiger partial charge in [-0.15, -0.1) is 0 Å². The minimum Gasteiger partial charge on any atom is -0.466 e. The molecule has 16 heavy (non-hydrogen) atoms. The molecule has 0 fully saturated rings. The van der Waals surface area contributed by atoms with E-state index in [9.17, 15) is 9.90 Å². The molecule has 0 amide bonds. The summed E-state index contributed by atoms with van der Waals surface area (Å²) in [6.45, 7) is 8.94. The second kappa shape index (κ2) is 8.53. The molecule has 0 heterocycles. The molecule has 0 rings (SSSR count). The van der Waals surface area contributed by atoms with E-state index < -0.39 is 6.10 Å².